The van der Waals surface area contributed by atoms with E-state index in [9.17, 15) is 0 Å². The first kappa shape index (κ1) is 14.0. The SMILES string of the molecule is COc1ccc(Cl)cc1C(N)c1c(C)[nH]c2ccccc12. The lowest BCUT2D eigenvalue weighted by Crippen LogP contribution is -2.14. The van der Waals surface area contributed by atoms with Gasteiger partial charge in [-0.15, -0.1) is 0 Å². The smallest absolute Gasteiger partial charge is 0.124 e. The van der Waals surface area contributed by atoms with Crippen molar-refractivity contribution in [3.8, 4) is 5.75 Å². The van der Waals surface area contributed by atoms with Crippen LogP contribution < -0.4 is 10.5 Å². The molecule has 0 aliphatic rings. The van der Waals surface area contributed by atoms with Gasteiger partial charge in [0.15, 0.2) is 0 Å². The molecular formula is C17H17ClN2O. The molecule has 21 heavy (non-hydrogen) atoms. The van der Waals surface area contributed by atoms with Crippen molar-refractivity contribution in [2.75, 3.05) is 7.11 Å². The van der Waals surface area contributed by atoms with Crippen LogP contribution in [0, 0.1) is 6.92 Å². The topological polar surface area (TPSA) is 51.0 Å². The van der Waals surface area contributed by atoms with E-state index in [-0.39, 0.29) is 6.04 Å². The highest BCUT2D eigenvalue weighted by Crippen LogP contribution is 2.35. The molecule has 3 nitrogen and oxygen atoms in total. The highest BCUT2D eigenvalue weighted by atomic mass is 35.5. The molecule has 1 heterocycles. The Balaban J connectivity index is 2.19. The first-order valence-electron chi connectivity index (χ1n) is 6.78. The van der Waals surface area contributed by atoms with Gasteiger partial charge < -0.3 is 15.5 Å². The van der Waals surface area contributed by atoms with E-state index in [4.69, 9.17) is 22.1 Å². The minimum Gasteiger partial charge on any atom is -0.496 e. The molecule has 0 fully saturated rings. The Morgan fingerprint density at radius 1 is 1.19 bits per heavy atom. The van der Waals surface area contributed by atoms with Crippen LogP contribution in [0.5, 0.6) is 5.75 Å². The van der Waals surface area contributed by atoms with Crippen molar-refractivity contribution in [1.82, 2.24) is 4.98 Å². The number of aromatic amines is 1. The van der Waals surface area contributed by atoms with Crippen molar-refractivity contribution in [3.63, 3.8) is 0 Å². The highest BCUT2D eigenvalue weighted by Gasteiger charge is 2.20. The Hall–Kier alpha value is -1.97. The minimum atomic E-state index is -0.296. The molecule has 0 bridgehead atoms. The van der Waals surface area contributed by atoms with Gasteiger partial charge in [-0.1, -0.05) is 29.8 Å². The number of rotatable bonds is 3. The van der Waals surface area contributed by atoms with Gasteiger partial charge in [0.1, 0.15) is 5.75 Å². The molecule has 108 valence electrons. The second-order valence-electron chi connectivity index (χ2n) is 5.07. The summed E-state index contributed by atoms with van der Waals surface area (Å²) in [5.41, 5.74) is 10.6. The van der Waals surface area contributed by atoms with Crippen LogP contribution in [0.3, 0.4) is 0 Å². The van der Waals surface area contributed by atoms with Gasteiger partial charge in [0.25, 0.3) is 0 Å². The molecular weight excluding hydrogens is 284 g/mol. The largest absolute Gasteiger partial charge is 0.496 e. The Morgan fingerprint density at radius 2 is 1.95 bits per heavy atom. The third-order valence-electron chi connectivity index (χ3n) is 3.78. The molecule has 2 aromatic carbocycles. The first-order chi connectivity index (χ1) is 10.1. The molecule has 1 aromatic heterocycles. The van der Waals surface area contributed by atoms with Crippen LogP contribution in [-0.2, 0) is 0 Å². The predicted molar refractivity (Wildman–Crippen MR) is 87.1 cm³/mol. The maximum Gasteiger partial charge on any atom is 0.124 e. The number of hydrogen-bond acceptors (Lipinski definition) is 2. The van der Waals surface area contributed by atoms with Gasteiger partial charge in [-0.3, -0.25) is 0 Å². The zero-order chi connectivity index (χ0) is 15.0. The second kappa shape index (κ2) is 5.43. The van der Waals surface area contributed by atoms with E-state index in [1.165, 1.54) is 0 Å². The van der Waals surface area contributed by atoms with Gasteiger partial charge in [0.2, 0.25) is 0 Å². The lowest BCUT2D eigenvalue weighted by molar-refractivity contribution is 0.408. The standard InChI is InChI=1S/C17H17ClN2O/c1-10-16(12-5-3-4-6-14(12)20-10)17(19)13-9-11(18)7-8-15(13)21-2/h3-9,17,20H,19H2,1-2H3. The number of aromatic nitrogens is 1. The van der Waals surface area contributed by atoms with Gasteiger partial charge >= 0.3 is 0 Å². The predicted octanol–water partition coefficient (Wildman–Crippen LogP) is 4.19. The van der Waals surface area contributed by atoms with Gasteiger partial charge in [-0.05, 0) is 31.2 Å². The summed E-state index contributed by atoms with van der Waals surface area (Å²) in [6, 6.07) is 13.4. The molecule has 0 saturated heterocycles. The number of methoxy groups -OCH3 is 1. The number of halogens is 1. The molecule has 3 N–H and O–H groups in total. The number of fused-ring (bicyclic) bond motifs is 1. The lowest BCUT2D eigenvalue weighted by atomic mass is 9.96. The fraction of sp³-hybridized carbons (Fsp3) is 0.176. The van der Waals surface area contributed by atoms with Crippen LogP contribution in [0.2, 0.25) is 5.02 Å². The van der Waals surface area contributed by atoms with Crippen LogP contribution >= 0.6 is 11.6 Å². The van der Waals surface area contributed by atoms with Crippen molar-refractivity contribution in [1.29, 1.82) is 0 Å². The van der Waals surface area contributed by atoms with E-state index >= 15 is 0 Å². The van der Waals surface area contributed by atoms with Crippen LogP contribution in [0.15, 0.2) is 42.5 Å². The average molecular weight is 301 g/mol. The number of nitrogens with one attached hydrogen (secondary N) is 1. The molecule has 3 rings (SSSR count). The molecule has 1 unspecified atom stereocenters. The normalized spacial score (nSPS) is 12.6. The van der Waals surface area contributed by atoms with Gasteiger partial charge in [-0.25, -0.2) is 0 Å². The molecule has 0 radical (unpaired) electrons. The Kier molecular flexibility index (Phi) is 3.62. The van der Waals surface area contributed by atoms with Crippen LogP contribution in [0.4, 0.5) is 0 Å². The summed E-state index contributed by atoms with van der Waals surface area (Å²) in [6.07, 6.45) is 0. The molecule has 0 amide bonds. The van der Waals surface area contributed by atoms with Crippen LogP contribution in [0.1, 0.15) is 22.9 Å². The number of nitrogens with two attached hydrogens (primary N) is 1. The molecule has 3 aromatic rings. The second-order valence-corrected chi connectivity index (χ2v) is 5.51. The van der Waals surface area contributed by atoms with Crippen molar-refractivity contribution in [3.05, 3.63) is 64.3 Å². The summed E-state index contributed by atoms with van der Waals surface area (Å²) in [7, 11) is 1.64. The summed E-state index contributed by atoms with van der Waals surface area (Å²) < 4.78 is 5.42. The van der Waals surface area contributed by atoms with E-state index in [0.717, 1.165) is 33.5 Å². The summed E-state index contributed by atoms with van der Waals surface area (Å²) >= 11 is 6.12. The van der Waals surface area contributed by atoms with Crippen LogP contribution in [-0.4, -0.2) is 12.1 Å². The van der Waals surface area contributed by atoms with Crippen molar-refractivity contribution < 1.29 is 4.74 Å². The number of hydrogen-bond donors (Lipinski definition) is 2. The first-order valence-corrected chi connectivity index (χ1v) is 7.16. The number of H-pyrrole nitrogens is 1. The van der Waals surface area contributed by atoms with E-state index in [0.29, 0.717) is 5.02 Å². The van der Waals surface area contributed by atoms with Crippen molar-refractivity contribution in [2.45, 2.75) is 13.0 Å². The summed E-state index contributed by atoms with van der Waals surface area (Å²) in [5, 5.41) is 1.78. The summed E-state index contributed by atoms with van der Waals surface area (Å²) in [6.45, 7) is 2.03. The quantitative estimate of drug-likeness (QED) is 0.762. The summed E-state index contributed by atoms with van der Waals surface area (Å²) in [5.74, 6) is 0.747. The van der Waals surface area contributed by atoms with Crippen molar-refractivity contribution in [2.24, 2.45) is 5.73 Å². The molecule has 0 aliphatic heterocycles. The Morgan fingerprint density at radius 3 is 2.71 bits per heavy atom. The molecule has 1 atom stereocenters. The third kappa shape index (κ3) is 2.39. The van der Waals surface area contributed by atoms with E-state index in [2.05, 4.69) is 11.1 Å². The number of aryl methyl sites for hydroxylation is 1. The summed E-state index contributed by atoms with van der Waals surface area (Å²) in [4.78, 5) is 3.38. The lowest BCUT2D eigenvalue weighted by Gasteiger charge is -2.17. The Labute approximate surface area is 128 Å². The molecule has 0 spiro atoms. The van der Waals surface area contributed by atoms with Gasteiger partial charge in [0, 0.05) is 32.7 Å². The van der Waals surface area contributed by atoms with Crippen molar-refractivity contribution >= 4 is 22.5 Å². The van der Waals surface area contributed by atoms with E-state index < -0.39 is 0 Å². The number of ether oxygens (including phenoxy) is 1. The number of benzene rings is 2. The van der Waals surface area contributed by atoms with E-state index in [1.54, 1.807) is 13.2 Å². The zero-order valence-electron chi connectivity index (χ0n) is 12.0. The monoisotopic (exact) mass is 300 g/mol. The maximum absolute atomic E-state index is 6.51. The number of para-hydroxylation sites is 1. The fourth-order valence-corrected chi connectivity index (χ4v) is 2.98. The van der Waals surface area contributed by atoms with E-state index in [1.807, 2.05) is 37.3 Å². The zero-order valence-corrected chi connectivity index (χ0v) is 12.7. The Bertz CT molecular complexity index is 795. The maximum atomic E-state index is 6.51. The fourth-order valence-electron chi connectivity index (χ4n) is 2.80. The van der Waals surface area contributed by atoms with Crippen LogP contribution in [0.25, 0.3) is 10.9 Å². The molecule has 0 saturated carbocycles. The van der Waals surface area contributed by atoms with Gasteiger partial charge in [-0.2, -0.15) is 0 Å². The molecule has 0 aliphatic carbocycles. The average Bonchev–Trinajstić information content (AvgIpc) is 2.82. The highest BCUT2D eigenvalue weighted by molar-refractivity contribution is 6.30. The molecule has 4 heteroatoms. The minimum absolute atomic E-state index is 0.296. The third-order valence-corrected chi connectivity index (χ3v) is 4.02. The van der Waals surface area contributed by atoms with Gasteiger partial charge in [0.05, 0.1) is 13.2 Å².